The highest BCUT2D eigenvalue weighted by molar-refractivity contribution is 8.00. The van der Waals surface area contributed by atoms with Crippen molar-refractivity contribution >= 4 is 11.8 Å². The first-order valence-electron chi connectivity index (χ1n) is 25.2. The maximum atomic E-state index is 2.87. The number of allylic oxidation sites excluding steroid dienone is 4. The van der Waals surface area contributed by atoms with E-state index in [1.165, 1.54) is 141 Å². The normalized spacial score (nSPS) is 47.5. The molecule has 8 rings (SSSR count). The number of hydrogen-bond acceptors (Lipinski definition) is 1. The largest absolute Gasteiger partial charge is 0.154 e. The van der Waals surface area contributed by atoms with Crippen LogP contribution in [0.2, 0.25) is 0 Å². The van der Waals surface area contributed by atoms with Gasteiger partial charge in [-0.15, -0.1) is 0 Å². The standard InChI is InChI=1S/C54H90S/c1-35(2)13-11-15-37(5)45-21-23-47-43-19-17-39-33-41(25-29-51(39,7)49(43)27-31-53(45,47)9)55-42-26-30-52(8)40(34-42)18-20-44-48-24-22-46(38(6)16-12-14-36(3)4)54(48,10)32-28-50(44)52/h17-18,35-38,41-50H,11-16,19-34H2,1-10H3. The molecule has 55 heavy (non-hydrogen) atoms. The van der Waals surface area contributed by atoms with E-state index in [1.54, 1.807) is 0 Å². The molecule has 6 saturated carbocycles. The number of rotatable bonds is 12. The van der Waals surface area contributed by atoms with E-state index in [4.69, 9.17) is 0 Å². The van der Waals surface area contributed by atoms with Crippen LogP contribution in [0.15, 0.2) is 23.3 Å². The van der Waals surface area contributed by atoms with Gasteiger partial charge in [-0.1, -0.05) is 131 Å². The van der Waals surface area contributed by atoms with Crippen LogP contribution in [-0.4, -0.2) is 10.5 Å². The highest BCUT2D eigenvalue weighted by atomic mass is 32.2. The highest BCUT2D eigenvalue weighted by Gasteiger charge is 2.61. The predicted molar refractivity (Wildman–Crippen MR) is 241 cm³/mol. The number of fused-ring (bicyclic) bond motifs is 10. The minimum absolute atomic E-state index is 0.495. The number of thioether (sulfide) groups is 1. The van der Waals surface area contributed by atoms with E-state index in [-0.39, 0.29) is 0 Å². The van der Waals surface area contributed by atoms with Gasteiger partial charge in [0.15, 0.2) is 0 Å². The molecule has 8 aliphatic carbocycles. The molecule has 8 aliphatic rings. The van der Waals surface area contributed by atoms with Crippen molar-refractivity contribution in [3.8, 4) is 0 Å². The summed E-state index contributed by atoms with van der Waals surface area (Å²) in [5.41, 5.74) is 6.06. The Morgan fingerprint density at radius 1 is 0.509 bits per heavy atom. The average Bonchev–Trinajstić information content (AvgIpc) is 3.68. The van der Waals surface area contributed by atoms with Crippen LogP contribution in [0.3, 0.4) is 0 Å². The van der Waals surface area contributed by atoms with Gasteiger partial charge in [-0.3, -0.25) is 0 Å². The molecular weight excluding hydrogens is 681 g/mol. The lowest BCUT2D eigenvalue weighted by molar-refractivity contribution is -0.0501. The fourth-order valence-corrected chi connectivity index (χ4v) is 19.4. The van der Waals surface area contributed by atoms with Crippen LogP contribution in [0.1, 0.15) is 210 Å². The van der Waals surface area contributed by atoms with Crippen LogP contribution in [0.25, 0.3) is 0 Å². The molecule has 312 valence electrons. The first-order valence-corrected chi connectivity index (χ1v) is 26.2. The Hall–Kier alpha value is -0.170. The zero-order valence-electron chi connectivity index (χ0n) is 38.2. The average molecular weight is 771 g/mol. The minimum Gasteiger partial charge on any atom is -0.154 e. The third-order valence-electron chi connectivity index (χ3n) is 20.9. The summed E-state index contributed by atoms with van der Waals surface area (Å²) in [7, 11) is 0. The van der Waals surface area contributed by atoms with Gasteiger partial charge in [0.2, 0.25) is 0 Å². The van der Waals surface area contributed by atoms with Crippen molar-refractivity contribution in [1.82, 2.24) is 0 Å². The van der Waals surface area contributed by atoms with Crippen LogP contribution in [0.5, 0.6) is 0 Å². The second-order valence-corrected chi connectivity index (χ2v) is 26.1. The van der Waals surface area contributed by atoms with Crippen molar-refractivity contribution in [2.24, 2.45) is 92.7 Å². The van der Waals surface area contributed by atoms with Gasteiger partial charge in [0, 0.05) is 10.5 Å². The quantitative estimate of drug-likeness (QED) is 0.178. The van der Waals surface area contributed by atoms with Gasteiger partial charge in [0.1, 0.15) is 0 Å². The van der Waals surface area contributed by atoms with Crippen molar-refractivity contribution < 1.29 is 0 Å². The Balaban J connectivity index is 0.872. The molecule has 0 N–H and O–H groups in total. The first kappa shape index (κ1) is 41.6. The van der Waals surface area contributed by atoms with Crippen LogP contribution < -0.4 is 0 Å². The fourth-order valence-electron chi connectivity index (χ4n) is 17.8. The highest BCUT2D eigenvalue weighted by Crippen LogP contribution is 2.70. The molecule has 0 spiro atoms. The summed E-state index contributed by atoms with van der Waals surface area (Å²) >= 11 is 2.48. The predicted octanol–water partition coefficient (Wildman–Crippen LogP) is 16.5. The molecule has 16 atom stereocenters. The summed E-state index contributed by atoms with van der Waals surface area (Å²) in [5.74, 6) is 11.3. The molecule has 0 nitrogen and oxygen atoms in total. The Morgan fingerprint density at radius 2 is 0.927 bits per heavy atom. The fraction of sp³-hybridized carbons (Fsp3) is 0.926. The summed E-state index contributed by atoms with van der Waals surface area (Å²) in [6, 6.07) is 0. The SMILES string of the molecule is CC(C)CCCC(C)C1CCC2C3CC=C4CC(SC5CCC6(C)C(=CCC7C6CCC6(C)C(C(C)CCCC(C)C)CCC76)C5)CCC4(C)C3CCC12C. The van der Waals surface area contributed by atoms with E-state index in [2.05, 4.69) is 93.2 Å². The van der Waals surface area contributed by atoms with Gasteiger partial charge < -0.3 is 0 Å². The second kappa shape index (κ2) is 16.0. The lowest BCUT2D eigenvalue weighted by Gasteiger charge is -2.59. The van der Waals surface area contributed by atoms with Gasteiger partial charge in [0.05, 0.1) is 0 Å². The first-order chi connectivity index (χ1) is 26.2. The monoisotopic (exact) mass is 771 g/mol. The molecule has 0 aliphatic heterocycles. The molecule has 0 saturated heterocycles. The van der Waals surface area contributed by atoms with Crippen molar-refractivity contribution in [2.75, 3.05) is 0 Å². The lowest BCUT2D eigenvalue weighted by atomic mass is 9.47. The van der Waals surface area contributed by atoms with Crippen molar-refractivity contribution in [2.45, 2.75) is 221 Å². The summed E-state index contributed by atoms with van der Waals surface area (Å²) in [5, 5.41) is 1.74. The molecule has 0 bridgehead atoms. The van der Waals surface area contributed by atoms with Crippen LogP contribution in [-0.2, 0) is 0 Å². The topological polar surface area (TPSA) is 0 Å². The van der Waals surface area contributed by atoms with E-state index >= 15 is 0 Å². The molecule has 0 aromatic carbocycles. The van der Waals surface area contributed by atoms with Gasteiger partial charge in [-0.2, -0.15) is 11.8 Å². The van der Waals surface area contributed by atoms with Crippen molar-refractivity contribution in [3.63, 3.8) is 0 Å². The van der Waals surface area contributed by atoms with Gasteiger partial charge >= 0.3 is 0 Å². The summed E-state index contributed by atoms with van der Waals surface area (Å²) < 4.78 is 0. The molecule has 0 heterocycles. The third kappa shape index (κ3) is 7.40. The van der Waals surface area contributed by atoms with E-state index < -0.39 is 0 Å². The summed E-state index contributed by atoms with van der Waals surface area (Å²) in [4.78, 5) is 0. The van der Waals surface area contributed by atoms with Crippen LogP contribution in [0.4, 0.5) is 0 Å². The second-order valence-electron chi connectivity index (χ2n) is 24.4. The molecule has 0 amide bonds. The molecule has 16 unspecified atom stereocenters. The van der Waals surface area contributed by atoms with Gasteiger partial charge in [-0.25, -0.2) is 0 Å². The smallest absolute Gasteiger partial charge is 0.00876 e. The van der Waals surface area contributed by atoms with Crippen molar-refractivity contribution in [3.05, 3.63) is 23.3 Å². The Morgan fingerprint density at radius 3 is 1.33 bits per heavy atom. The van der Waals surface area contributed by atoms with E-state index in [0.717, 1.165) is 81.5 Å². The van der Waals surface area contributed by atoms with Crippen LogP contribution in [0, 0.1) is 92.7 Å². The Labute approximate surface area is 347 Å². The summed E-state index contributed by atoms with van der Waals surface area (Å²) in [6.45, 7) is 26.0. The lowest BCUT2D eigenvalue weighted by Crippen LogP contribution is -2.51. The molecule has 1 heteroatoms. The summed E-state index contributed by atoms with van der Waals surface area (Å²) in [6.07, 6.45) is 38.2. The van der Waals surface area contributed by atoms with Crippen LogP contribution >= 0.6 is 11.8 Å². The Bertz CT molecular complexity index is 1300. The Kier molecular flexibility index (Phi) is 12.1. The van der Waals surface area contributed by atoms with Crippen molar-refractivity contribution in [1.29, 1.82) is 0 Å². The minimum atomic E-state index is 0.495. The molecule has 0 aromatic rings. The zero-order valence-corrected chi connectivity index (χ0v) is 39.0. The maximum absolute atomic E-state index is 2.87. The van der Waals surface area contributed by atoms with E-state index in [1.807, 2.05) is 11.1 Å². The molecular formula is C54H90S. The third-order valence-corrected chi connectivity index (χ3v) is 22.5. The zero-order chi connectivity index (χ0) is 38.9. The van der Waals surface area contributed by atoms with E-state index in [9.17, 15) is 0 Å². The van der Waals surface area contributed by atoms with Gasteiger partial charge in [0.25, 0.3) is 0 Å². The van der Waals surface area contributed by atoms with E-state index in [0.29, 0.717) is 21.7 Å². The number of hydrogen-bond donors (Lipinski definition) is 0. The molecule has 6 fully saturated rings. The molecule has 0 radical (unpaired) electrons. The van der Waals surface area contributed by atoms with Gasteiger partial charge in [-0.05, 0) is 195 Å². The maximum Gasteiger partial charge on any atom is 0.00876 e. The molecule has 0 aromatic heterocycles.